The minimum Gasteiger partial charge on any atom is -0.502 e. The van der Waals surface area contributed by atoms with Gasteiger partial charge in [-0.1, -0.05) is 90.4 Å². The smallest absolute Gasteiger partial charge is 0.228 e. The fourth-order valence-corrected chi connectivity index (χ4v) is 3.43. The van der Waals surface area contributed by atoms with Gasteiger partial charge in [0.15, 0.2) is 17.3 Å². The highest BCUT2D eigenvalue weighted by Crippen LogP contribution is 2.19. The van der Waals surface area contributed by atoms with Crippen molar-refractivity contribution in [3.63, 3.8) is 0 Å². The third kappa shape index (κ3) is 8.99. The molecule has 0 unspecified atom stereocenters. The lowest BCUT2D eigenvalue weighted by Gasteiger charge is -2.12. The molecule has 1 heterocycles. The molecule has 0 bridgehead atoms. The van der Waals surface area contributed by atoms with Crippen molar-refractivity contribution >= 4 is 0 Å². The Morgan fingerprint density at radius 3 is 1.74 bits per heavy atom. The molecule has 0 saturated carbocycles. The van der Waals surface area contributed by atoms with Crippen molar-refractivity contribution in [2.24, 2.45) is 0 Å². The predicted molar refractivity (Wildman–Crippen MR) is 109 cm³/mol. The highest BCUT2D eigenvalue weighted by molar-refractivity contribution is 5.40. The fraction of sp³-hybridized carbons (Fsp3) is 0.727. The summed E-state index contributed by atoms with van der Waals surface area (Å²) in [4.78, 5) is 11.4. The highest BCUT2D eigenvalue weighted by atomic mass is 16.3. The summed E-state index contributed by atoms with van der Waals surface area (Å²) >= 11 is 0. The van der Waals surface area contributed by atoms with Gasteiger partial charge in [0.2, 0.25) is 5.43 Å². The quantitative estimate of drug-likeness (QED) is 0.389. The van der Waals surface area contributed by atoms with Crippen LogP contribution in [0.2, 0.25) is 0 Å². The summed E-state index contributed by atoms with van der Waals surface area (Å²) in [6, 6.07) is 2.76. The van der Waals surface area contributed by atoms with Gasteiger partial charge in [-0.15, -0.1) is 0 Å². The van der Waals surface area contributed by atoms with Gasteiger partial charge < -0.3 is 14.8 Å². The highest BCUT2D eigenvalue weighted by Gasteiger charge is 2.13. The number of hydrogen-bond acceptors (Lipinski definition) is 4. The number of aromatic nitrogens is 1. The molecular weight excluding hydrogens is 340 g/mol. The van der Waals surface area contributed by atoms with Crippen LogP contribution in [0.25, 0.3) is 0 Å². The molecule has 1 rings (SSSR count). The Hall–Kier alpha value is -1.96. The first-order valence-corrected chi connectivity index (χ1v) is 10.7. The Bertz CT molecular complexity index is 632. The molecule has 2 N–H and O–H groups in total. The van der Waals surface area contributed by atoms with E-state index in [1.54, 1.807) is 6.07 Å². The van der Waals surface area contributed by atoms with E-state index < -0.39 is 11.2 Å². The molecule has 152 valence electrons. The van der Waals surface area contributed by atoms with Crippen LogP contribution in [0.3, 0.4) is 0 Å². The van der Waals surface area contributed by atoms with E-state index in [2.05, 4.69) is 6.92 Å². The minimum absolute atomic E-state index is 0.158. The molecule has 1 aromatic rings. The predicted octanol–water partition coefficient (Wildman–Crippen LogP) is 5.61. The van der Waals surface area contributed by atoms with Gasteiger partial charge in [-0.2, -0.15) is 5.26 Å². The van der Waals surface area contributed by atoms with Crippen LogP contribution in [0, 0.1) is 11.3 Å². The zero-order valence-corrected chi connectivity index (χ0v) is 16.9. The van der Waals surface area contributed by atoms with Crippen LogP contribution in [0.15, 0.2) is 10.9 Å². The maximum atomic E-state index is 11.4. The summed E-state index contributed by atoms with van der Waals surface area (Å²) in [5.74, 6) is -0.843. The first-order chi connectivity index (χ1) is 13.1. The molecule has 0 aliphatic heterocycles. The Morgan fingerprint density at radius 2 is 1.30 bits per heavy atom. The molecular formula is C22H36N2O3. The SMILES string of the molecule is CCCCCCCCCCCCCCCCn1c(O)cc(=O)c(O)c1C#N. The van der Waals surface area contributed by atoms with E-state index in [0.717, 1.165) is 25.3 Å². The minimum atomic E-state index is -0.721. The van der Waals surface area contributed by atoms with Gasteiger partial charge >= 0.3 is 0 Å². The number of nitriles is 1. The average Bonchev–Trinajstić information content (AvgIpc) is 2.66. The lowest BCUT2D eigenvalue weighted by molar-refractivity contribution is 0.387. The van der Waals surface area contributed by atoms with Gasteiger partial charge in [0, 0.05) is 12.6 Å². The van der Waals surface area contributed by atoms with Crippen molar-refractivity contribution < 1.29 is 10.2 Å². The normalized spacial score (nSPS) is 10.8. The van der Waals surface area contributed by atoms with Crippen molar-refractivity contribution in [3.05, 3.63) is 22.0 Å². The summed E-state index contributed by atoms with van der Waals surface area (Å²) < 4.78 is 1.32. The van der Waals surface area contributed by atoms with E-state index in [-0.39, 0.29) is 11.6 Å². The zero-order valence-electron chi connectivity index (χ0n) is 16.9. The van der Waals surface area contributed by atoms with E-state index in [9.17, 15) is 15.0 Å². The number of hydrogen-bond donors (Lipinski definition) is 2. The van der Waals surface area contributed by atoms with Crippen LogP contribution in [-0.4, -0.2) is 14.8 Å². The molecule has 0 atom stereocenters. The molecule has 0 amide bonds. The summed E-state index contributed by atoms with van der Waals surface area (Å²) in [6.45, 7) is 2.68. The van der Waals surface area contributed by atoms with Crippen molar-refractivity contribution in [2.75, 3.05) is 0 Å². The molecule has 0 aliphatic rings. The molecule has 0 fully saturated rings. The third-order valence-electron chi connectivity index (χ3n) is 5.11. The molecule has 0 aliphatic carbocycles. The molecule has 1 aromatic heterocycles. The van der Waals surface area contributed by atoms with Gasteiger partial charge in [-0.3, -0.25) is 4.79 Å². The van der Waals surface area contributed by atoms with Gasteiger partial charge in [0.25, 0.3) is 0 Å². The average molecular weight is 377 g/mol. The maximum absolute atomic E-state index is 11.4. The first-order valence-electron chi connectivity index (χ1n) is 10.7. The summed E-state index contributed by atoms with van der Waals surface area (Å²) in [5, 5.41) is 28.6. The van der Waals surface area contributed by atoms with E-state index >= 15 is 0 Å². The van der Waals surface area contributed by atoms with Crippen LogP contribution in [0.5, 0.6) is 11.6 Å². The van der Waals surface area contributed by atoms with Crippen LogP contribution >= 0.6 is 0 Å². The molecule has 0 radical (unpaired) electrons. The standard InChI is InChI=1S/C22H36N2O3/c1-2-3-4-5-6-7-8-9-10-11-12-13-14-15-16-24-19(18-23)22(27)20(25)17-21(24)26/h17,26-27H,2-16H2,1H3. The Balaban J connectivity index is 2.06. The molecule has 5 nitrogen and oxygen atoms in total. The first kappa shape index (κ1) is 23.1. The van der Waals surface area contributed by atoms with Gasteiger partial charge in [0.05, 0.1) is 0 Å². The monoisotopic (exact) mass is 376 g/mol. The lowest BCUT2D eigenvalue weighted by Crippen LogP contribution is -2.12. The molecule has 0 spiro atoms. The van der Waals surface area contributed by atoms with E-state index in [4.69, 9.17) is 5.26 Å². The molecule has 27 heavy (non-hydrogen) atoms. The Morgan fingerprint density at radius 1 is 0.852 bits per heavy atom. The van der Waals surface area contributed by atoms with E-state index in [1.165, 1.54) is 75.2 Å². The number of nitrogens with zero attached hydrogens (tertiary/aromatic N) is 2. The van der Waals surface area contributed by atoms with Gasteiger partial charge in [-0.25, -0.2) is 0 Å². The molecule has 5 heteroatoms. The van der Waals surface area contributed by atoms with Crippen molar-refractivity contribution in [1.29, 1.82) is 5.26 Å². The van der Waals surface area contributed by atoms with Gasteiger partial charge in [-0.05, 0) is 6.42 Å². The van der Waals surface area contributed by atoms with Crippen LogP contribution in [0.4, 0.5) is 0 Å². The Labute approximate surface area is 163 Å². The number of unbranched alkanes of at least 4 members (excludes halogenated alkanes) is 13. The maximum Gasteiger partial charge on any atom is 0.228 e. The zero-order chi connectivity index (χ0) is 19.9. The van der Waals surface area contributed by atoms with Gasteiger partial charge in [0.1, 0.15) is 6.07 Å². The molecule has 0 saturated heterocycles. The topological polar surface area (TPSA) is 86.2 Å². The summed E-state index contributed by atoms with van der Waals surface area (Å²) in [7, 11) is 0. The van der Waals surface area contributed by atoms with Crippen LogP contribution in [-0.2, 0) is 6.54 Å². The molecule has 0 aromatic carbocycles. The third-order valence-corrected chi connectivity index (χ3v) is 5.11. The number of pyridine rings is 1. The van der Waals surface area contributed by atoms with Crippen molar-refractivity contribution in [1.82, 2.24) is 4.57 Å². The van der Waals surface area contributed by atoms with Crippen LogP contribution < -0.4 is 5.43 Å². The Kier molecular flexibility index (Phi) is 12.1. The lowest BCUT2D eigenvalue weighted by atomic mass is 10.0. The second-order valence-electron chi connectivity index (χ2n) is 7.42. The number of rotatable bonds is 15. The van der Waals surface area contributed by atoms with Crippen molar-refractivity contribution in [3.8, 4) is 17.7 Å². The van der Waals surface area contributed by atoms with E-state index in [0.29, 0.717) is 6.54 Å². The van der Waals surface area contributed by atoms with Crippen molar-refractivity contribution in [2.45, 2.75) is 103 Å². The van der Waals surface area contributed by atoms with E-state index in [1.807, 2.05) is 0 Å². The summed E-state index contributed by atoms with van der Waals surface area (Å²) in [6.07, 6.45) is 17.7. The van der Waals surface area contributed by atoms with Crippen LogP contribution in [0.1, 0.15) is 103 Å². The fourth-order valence-electron chi connectivity index (χ4n) is 3.43. The largest absolute Gasteiger partial charge is 0.502 e. The number of aromatic hydroxyl groups is 2. The second kappa shape index (κ2) is 14.1. The second-order valence-corrected chi connectivity index (χ2v) is 7.42. The summed E-state index contributed by atoms with van der Waals surface area (Å²) in [5.41, 5.74) is -0.879.